The lowest BCUT2D eigenvalue weighted by molar-refractivity contribution is -0.122. The summed E-state index contributed by atoms with van der Waals surface area (Å²) >= 11 is 2.98. The summed E-state index contributed by atoms with van der Waals surface area (Å²) in [6, 6.07) is 0.496. The van der Waals surface area contributed by atoms with Crippen molar-refractivity contribution in [3.63, 3.8) is 0 Å². The van der Waals surface area contributed by atoms with E-state index < -0.39 is 23.9 Å². The minimum absolute atomic E-state index is 0.0106. The maximum atomic E-state index is 13.4. The Balaban J connectivity index is 1.83. The van der Waals surface area contributed by atoms with Crippen LogP contribution in [0.2, 0.25) is 0 Å². The summed E-state index contributed by atoms with van der Waals surface area (Å²) < 4.78 is 13.4. The van der Waals surface area contributed by atoms with E-state index in [0.29, 0.717) is 5.56 Å². The van der Waals surface area contributed by atoms with Crippen molar-refractivity contribution in [3.05, 3.63) is 22.1 Å². The highest BCUT2D eigenvalue weighted by Crippen LogP contribution is 2.42. The van der Waals surface area contributed by atoms with Gasteiger partial charge in [-0.2, -0.15) is 0 Å². The zero-order chi connectivity index (χ0) is 16.0. The summed E-state index contributed by atoms with van der Waals surface area (Å²) in [6.07, 6.45) is 1.31. The van der Waals surface area contributed by atoms with Crippen molar-refractivity contribution in [3.8, 4) is 0 Å². The first-order chi connectivity index (χ1) is 10.4. The fraction of sp³-hybridized carbons (Fsp3) is 0.500. The van der Waals surface area contributed by atoms with Crippen LogP contribution in [-0.4, -0.2) is 39.1 Å². The van der Waals surface area contributed by atoms with E-state index in [1.807, 2.05) is 0 Å². The molecule has 2 N–H and O–H groups in total. The second-order valence-corrected chi connectivity index (χ2v) is 6.53. The SMILES string of the molecule is Cc1cc(F)c(Br)nc1NC(=O)[C@@H]1[C@@H]2CC[C@@H](C2)N1C(=O)O. The molecule has 22 heavy (non-hydrogen) atoms. The molecule has 0 unspecified atom stereocenters. The van der Waals surface area contributed by atoms with E-state index in [0.717, 1.165) is 19.3 Å². The van der Waals surface area contributed by atoms with Crippen molar-refractivity contribution in [2.24, 2.45) is 5.92 Å². The Labute approximate surface area is 134 Å². The van der Waals surface area contributed by atoms with Gasteiger partial charge in [0.25, 0.3) is 0 Å². The molecule has 0 radical (unpaired) electrons. The van der Waals surface area contributed by atoms with Gasteiger partial charge >= 0.3 is 6.09 Å². The second-order valence-electron chi connectivity index (χ2n) is 5.78. The quantitative estimate of drug-likeness (QED) is 0.783. The summed E-state index contributed by atoms with van der Waals surface area (Å²) in [5.41, 5.74) is 0.485. The third kappa shape index (κ3) is 2.45. The lowest BCUT2D eigenvalue weighted by Crippen LogP contribution is -2.50. The standard InChI is InChI=1S/C14H15BrFN3O3/c1-6-4-9(16)11(15)17-12(6)18-13(20)10-7-2-3-8(5-7)19(10)14(21)22/h4,7-8,10H,2-3,5H2,1H3,(H,21,22)(H,17,18,20)/t7-,8+,10+/m1/s1. The number of amides is 2. The summed E-state index contributed by atoms with van der Waals surface area (Å²) in [5.74, 6) is -0.622. The number of hydrogen-bond acceptors (Lipinski definition) is 3. The summed E-state index contributed by atoms with van der Waals surface area (Å²) in [7, 11) is 0. The number of carbonyl (C=O) groups excluding carboxylic acids is 1. The first kappa shape index (κ1) is 15.2. The molecule has 1 aromatic rings. The van der Waals surface area contributed by atoms with Crippen LogP contribution < -0.4 is 5.32 Å². The van der Waals surface area contributed by atoms with Crippen molar-refractivity contribution in [2.75, 3.05) is 5.32 Å². The molecule has 6 nitrogen and oxygen atoms in total. The van der Waals surface area contributed by atoms with Gasteiger partial charge in [-0.1, -0.05) is 0 Å². The van der Waals surface area contributed by atoms with Crippen LogP contribution in [-0.2, 0) is 4.79 Å². The number of carbonyl (C=O) groups is 2. The highest BCUT2D eigenvalue weighted by atomic mass is 79.9. The Hall–Kier alpha value is -1.70. The van der Waals surface area contributed by atoms with Gasteiger partial charge in [-0.25, -0.2) is 14.2 Å². The molecule has 0 spiro atoms. The molecule has 3 atom stereocenters. The first-order valence-electron chi connectivity index (χ1n) is 7.03. The minimum Gasteiger partial charge on any atom is -0.465 e. The van der Waals surface area contributed by atoms with Gasteiger partial charge in [0.15, 0.2) is 5.82 Å². The largest absolute Gasteiger partial charge is 0.465 e. The van der Waals surface area contributed by atoms with Crippen LogP contribution in [0.25, 0.3) is 0 Å². The lowest BCUT2D eigenvalue weighted by atomic mass is 9.98. The van der Waals surface area contributed by atoms with E-state index in [1.165, 1.54) is 11.0 Å². The molecular weight excluding hydrogens is 357 g/mol. The molecule has 0 aromatic carbocycles. The van der Waals surface area contributed by atoms with Gasteiger partial charge in [0.1, 0.15) is 16.5 Å². The molecule has 2 heterocycles. The zero-order valence-electron chi connectivity index (χ0n) is 11.8. The number of likely N-dealkylation sites (tertiary alicyclic amines) is 1. The number of rotatable bonds is 2. The topological polar surface area (TPSA) is 82.5 Å². The fourth-order valence-electron chi connectivity index (χ4n) is 3.48. The van der Waals surface area contributed by atoms with E-state index >= 15 is 0 Å². The Morgan fingerprint density at radius 3 is 2.91 bits per heavy atom. The molecule has 1 aromatic heterocycles. The highest BCUT2D eigenvalue weighted by Gasteiger charge is 2.51. The van der Waals surface area contributed by atoms with E-state index in [-0.39, 0.29) is 22.4 Å². The molecule has 2 bridgehead atoms. The Morgan fingerprint density at radius 1 is 1.50 bits per heavy atom. The molecule has 1 aliphatic heterocycles. The number of anilines is 1. The van der Waals surface area contributed by atoms with Crippen LogP contribution in [0.3, 0.4) is 0 Å². The molecule has 3 rings (SSSR count). The van der Waals surface area contributed by atoms with Crippen molar-refractivity contribution in [2.45, 2.75) is 38.3 Å². The number of halogens is 2. The highest BCUT2D eigenvalue weighted by molar-refractivity contribution is 9.10. The summed E-state index contributed by atoms with van der Waals surface area (Å²) in [6.45, 7) is 1.63. The van der Waals surface area contributed by atoms with E-state index in [9.17, 15) is 19.1 Å². The monoisotopic (exact) mass is 371 g/mol. The molecular formula is C14H15BrFN3O3. The first-order valence-corrected chi connectivity index (χ1v) is 7.82. The lowest BCUT2D eigenvalue weighted by Gasteiger charge is -2.31. The normalized spacial score (nSPS) is 26.3. The molecule has 2 fully saturated rings. The fourth-order valence-corrected chi connectivity index (χ4v) is 3.77. The number of nitrogens with zero attached hydrogens (tertiary/aromatic N) is 2. The number of pyridine rings is 1. The average Bonchev–Trinajstić information content (AvgIpc) is 3.05. The predicted molar refractivity (Wildman–Crippen MR) is 80.0 cm³/mol. The molecule has 8 heteroatoms. The van der Waals surface area contributed by atoms with Gasteiger partial charge in [-0.15, -0.1) is 0 Å². The van der Waals surface area contributed by atoms with Gasteiger partial charge in [0, 0.05) is 6.04 Å². The van der Waals surface area contributed by atoms with Crippen LogP contribution in [0.4, 0.5) is 15.0 Å². The number of aryl methyl sites for hydroxylation is 1. The summed E-state index contributed by atoms with van der Waals surface area (Å²) in [4.78, 5) is 29.1. The molecule has 2 amide bonds. The average molecular weight is 372 g/mol. The van der Waals surface area contributed by atoms with Gasteiger partial charge in [-0.3, -0.25) is 9.69 Å². The number of nitrogens with one attached hydrogen (secondary N) is 1. The summed E-state index contributed by atoms with van der Waals surface area (Å²) in [5, 5.41) is 12.0. The Morgan fingerprint density at radius 2 is 2.23 bits per heavy atom. The smallest absolute Gasteiger partial charge is 0.408 e. The third-order valence-corrected chi connectivity index (χ3v) is 5.00. The van der Waals surface area contributed by atoms with Crippen molar-refractivity contribution in [1.82, 2.24) is 9.88 Å². The Kier molecular flexibility index (Phi) is 3.80. The van der Waals surface area contributed by atoms with Crippen molar-refractivity contribution >= 4 is 33.7 Å². The van der Waals surface area contributed by atoms with E-state index in [4.69, 9.17) is 0 Å². The number of piperidine rings is 1. The maximum Gasteiger partial charge on any atom is 0.408 e. The molecule has 1 saturated carbocycles. The maximum absolute atomic E-state index is 13.4. The predicted octanol–water partition coefficient (Wildman–Crippen LogP) is 2.76. The van der Waals surface area contributed by atoms with Crippen molar-refractivity contribution in [1.29, 1.82) is 0 Å². The number of hydrogen-bond donors (Lipinski definition) is 2. The number of carboxylic acid groups (broad SMARTS) is 1. The third-order valence-electron chi connectivity index (χ3n) is 4.44. The van der Waals surface area contributed by atoms with Gasteiger partial charge in [0.05, 0.1) is 0 Å². The van der Waals surface area contributed by atoms with Gasteiger partial charge in [0.2, 0.25) is 5.91 Å². The van der Waals surface area contributed by atoms with Crippen LogP contribution in [0.5, 0.6) is 0 Å². The second kappa shape index (κ2) is 5.49. The number of fused-ring (bicyclic) bond motifs is 2. The molecule has 2 aliphatic rings. The van der Waals surface area contributed by atoms with Gasteiger partial charge in [-0.05, 0) is 59.7 Å². The van der Waals surface area contributed by atoms with Crippen LogP contribution >= 0.6 is 15.9 Å². The van der Waals surface area contributed by atoms with Crippen LogP contribution in [0.1, 0.15) is 24.8 Å². The zero-order valence-corrected chi connectivity index (χ0v) is 13.4. The van der Waals surface area contributed by atoms with Gasteiger partial charge < -0.3 is 10.4 Å². The van der Waals surface area contributed by atoms with Crippen molar-refractivity contribution < 1.29 is 19.1 Å². The molecule has 118 valence electrons. The van der Waals surface area contributed by atoms with E-state index in [1.54, 1.807) is 6.92 Å². The van der Waals surface area contributed by atoms with Crippen LogP contribution in [0.15, 0.2) is 10.7 Å². The Bertz CT molecular complexity index is 654. The molecule has 1 saturated heterocycles. The number of aromatic nitrogens is 1. The van der Waals surface area contributed by atoms with Crippen LogP contribution in [0, 0.1) is 18.7 Å². The molecule has 1 aliphatic carbocycles. The van der Waals surface area contributed by atoms with E-state index in [2.05, 4.69) is 26.2 Å². The minimum atomic E-state index is -1.07.